The average Bonchev–Trinajstić information content (AvgIpc) is 2.42. The molecule has 0 aromatic heterocycles. The van der Waals surface area contributed by atoms with Gasteiger partial charge in [-0.3, -0.25) is 0 Å². The van der Waals surface area contributed by atoms with Crippen LogP contribution in [0.3, 0.4) is 0 Å². The molecule has 0 N–H and O–H groups in total. The Bertz CT molecular complexity index is 295. The van der Waals surface area contributed by atoms with Crippen LogP contribution in [0, 0.1) is 0 Å². The van der Waals surface area contributed by atoms with E-state index in [0.717, 1.165) is 12.1 Å². The Labute approximate surface area is 179 Å². The minimum atomic E-state index is -1.85. The third kappa shape index (κ3) is 22.0. The molecule has 0 radical (unpaired) electrons. The number of unbranched alkanes of at least 4 members (excludes halogenated alkanes) is 8. The van der Waals surface area contributed by atoms with Gasteiger partial charge in [-0.05, 0) is 25.2 Å². The molecular weight excluding hydrogens is 442 g/mol. The molecule has 0 bridgehead atoms. The molecule has 0 aliphatic rings. The summed E-state index contributed by atoms with van der Waals surface area (Å²) in [5.41, 5.74) is 0. The van der Waals surface area contributed by atoms with E-state index in [9.17, 15) is 0 Å². The zero-order valence-corrected chi connectivity index (χ0v) is 22.9. The molecule has 0 spiro atoms. The molecule has 0 fully saturated rings. The van der Waals surface area contributed by atoms with Gasteiger partial charge in [0.15, 0.2) is 0 Å². The van der Waals surface area contributed by atoms with Gasteiger partial charge in [-0.2, -0.15) is 0 Å². The van der Waals surface area contributed by atoms with Crippen LogP contribution < -0.4 is 0 Å². The van der Waals surface area contributed by atoms with Crippen LogP contribution in [0.5, 0.6) is 0 Å². The summed E-state index contributed by atoms with van der Waals surface area (Å²) in [6.45, 7) is 5.49. The molecule has 0 rings (SSSR count). The molecule has 0 unspecified atom stereocenters. The van der Waals surface area contributed by atoms with Crippen LogP contribution in [0.15, 0.2) is 0 Å². The van der Waals surface area contributed by atoms with Gasteiger partial charge in [0.1, 0.15) is 0 Å². The van der Waals surface area contributed by atoms with Gasteiger partial charge < -0.3 is 0 Å². The molecular formula is C18H40Cl4Si3. The van der Waals surface area contributed by atoms with Gasteiger partial charge in [0.25, 0.3) is 0 Å². The Morgan fingerprint density at radius 3 is 0.920 bits per heavy atom. The van der Waals surface area contributed by atoms with Crippen LogP contribution in [0.4, 0.5) is 0 Å². The van der Waals surface area contributed by atoms with Gasteiger partial charge in [-0.25, -0.2) is 0 Å². The molecule has 152 valence electrons. The summed E-state index contributed by atoms with van der Waals surface area (Å²) in [7, 11) is -0.971. The van der Waals surface area contributed by atoms with Crippen molar-refractivity contribution in [2.45, 2.75) is 115 Å². The summed E-state index contributed by atoms with van der Waals surface area (Å²) in [6, 6.07) is 5.08. The molecule has 0 aromatic rings. The predicted molar refractivity (Wildman–Crippen MR) is 130 cm³/mol. The Morgan fingerprint density at radius 2 is 0.640 bits per heavy atom. The fourth-order valence-corrected chi connectivity index (χ4v) is 9.27. The summed E-state index contributed by atoms with van der Waals surface area (Å²) >= 11 is 24.6. The van der Waals surface area contributed by atoms with Crippen LogP contribution >= 0.6 is 44.3 Å². The summed E-state index contributed by atoms with van der Waals surface area (Å²) in [5.74, 6) is 0. The van der Waals surface area contributed by atoms with Gasteiger partial charge in [0.2, 0.25) is 13.4 Å². The topological polar surface area (TPSA) is 0 Å². The van der Waals surface area contributed by atoms with E-state index in [-0.39, 0.29) is 0 Å². The van der Waals surface area contributed by atoms with Gasteiger partial charge in [0.05, 0.1) is 0 Å². The number of halogens is 4. The van der Waals surface area contributed by atoms with Crippen LogP contribution in [-0.4, -0.2) is 21.5 Å². The number of rotatable bonds is 16. The Kier molecular flexibility index (Phi) is 14.9. The quantitative estimate of drug-likeness (QED) is 0.117. The second-order valence-corrected chi connectivity index (χ2v) is 30.6. The smallest absolute Gasteiger partial charge is 0.146 e. The number of hydrogen-bond acceptors (Lipinski definition) is 0. The number of hydrogen-bond donors (Lipinski definition) is 0. The van der Waals surface area contributed by atoms with Crippen molar-refractivity contribution in [3.8, 4) is 0 Å². The monoisotopic (exact) mass is 480 g/mol. The lowest BCUT2D eigenvalue weighted by Gasteiger charge is -2.22. The molecule has 7 heteroatoms. The van der Waals surface area contributed by atoms with Crippen LogP contribution in [0.1, 0.15) is 64.2 Å². The second-order valence-electron chi connectivity index (χ2n) is 8.84. The maximum absolute atomic E-state index is 6.14. The zero-order chi connectivity index (χ0) is 19.4. The molecule has 0 aromatic carbocycles. The summed E-state index contributed by atoms with van der Waals surface area (Å²) in [5, 5.41) is 0. The first kappa shape index (κ1) is 26.8. The predicted octanol–water partition coefficient (Wildman–Crippen LogP) is 9.69. The highest BCUT2D eigenvalue weighted by Crippen LogP contribution is 2.26. The maximum Gasteiger partial charge on any atom is 0.248 e. The third-order valence-corrected chi connectivity index (χ3v) is 13.1. The molecule has 0 aliphatic carbocycles. The van der Waals surface area contributed by atoms with Crippen LogP contribution in [0.25, 0.3) is 0 Å². The summed E-state index contributed by atoms with van der Waals surface area (Å²) in [4.78, 5) is 0. The second kappa shape index (κ2) is 13.9. The molecule has 0 saturated carbocycles. The van der Waals surface area contributed by atoms with E-state index in [1.165, 1.54) is 76.3 Å². The van der Waals surface area contributed by atoms with Crippen molar-refractivity contribution in [3.63, 3.8) is 0 Å². The Balaban J connectivity index is 3.49. The standard InChI is InChI=1S/C18H40Cl4Si3/c1-23(2,15-11-7-5-9-13-17-24(3,19)20)16-12-8-6-10-14-18-25(4,21)22/h5-18H2,1-4H3. The van der Waals surface area contributed by atoms with Crippen molar-refractivity contribution in [2.24, 2.45) is 0 Å². The lowest BCUT2D eigenvalue weighted by molar-refractivity contribution is 0.641. The van der Waals surface area contributed by atoms with Gasteiger partial charge >= 0.3 is 0 Å². The minimum absolute atomic E-state index is 0.971. The highest BCUT2D eigenvalue weighted by molar-refractivity contribution is 7.45. The van der Waals surface area contributed by atoms with Gasteiger partial charge in [-0.1, -0.05) is 89.4 Å². The van der Waals surface area contributed by atoms with Crippen LogP contribution in [0.2, 0.25) is 50.4 Å². The lowest BCUT2D eigenvalue weighted by atomic mass is 10.2. The Hall–Kier alpha value is 1.81. The molecule has 0 saturated heterocycles. The fourth-order valence-electron chi connectivity index (χ4n) is 3.26. The average molecular weight is 483 g/mol. The van der Waals surface area contributed by atoms with E-state index >= 15 is 0 Å². The van der Waals surface area contributed by atoms with E-state index in [1.807, 2.05) is 13.1 Å². The first-order chi connectivity index (χ1) is 11.4. The Morgan fingerprint density at radius 1 is 0.400 bits per heavy atom. The van der Waals surface area contributed by atoms with E-state index in [1.54, 1.807) is 0 Å². The highest BCUT2D eigenvalue weighted by atomic mass is 35.7. The van der Waals surface area contributed by atoms with Crippen molar-refractivity contribution in [1.29, 1.82) is 0 Å². The summed E-state index contributed by atoms with van der Waals surface area (Å²) < 4.78 is 0. The van der Waals surface area contributed by atoms with E-state index in [4.69, 9.17) is 44.3 Å². The van der Waals surface area contributed by atoms with Crippen molar-refractivity contribution in [2.75, 3.05) is 0 Å². The van der Waals surface area contributed by atoms with E-state index in [0.29, 0.717) is 0 Å². The van der Waals surface area contributed by atoms with Crippen molar-refractivity contribution < 1.29 is 0 Å². The molecule has 0 amide bonds. The maximum atomic E-state index is 6.14. The van der Waals surface area contributed by atoms with Crippen molar-refractivity contribution in [1.82, 2.24) is 0 Å². The van der Waals surface area contributed by atoms with Gasteiger partial charge in [0, 0.05) is 8.07 Å². The minimum Gasteiger partial charge on any atom is -0.146 e. The molecule has 0 nitrogen and oxygen atoms in total. The fraction of sp³-hybridized carbons (Fsp3) is 1.00. The molecule has 25 heavy (non-hydrogen) atoms. The first-order valence-corrected chi connectivity index (χ1v) is 23.0. The largest absolute Gasteiger partial charge is 0.248 e. The molecule has 0 atom stereocenters. The lowest BCUT2D eigenvalue weighted by Crippen LogP contribution is -2.24. The van der Waals surface area contributed by atoms with E-state index in [2.05, 4.69) is 13.1 Å². The molecule has 0 aliphatic heterocycles. The SMILES string of the molecule is C[Si](Cl)(Cl)CCCCCCC[Si](C)(C)CCCCCCC[Si](C)(Cl)Cl. The normalized spacial score (nSPS) is 13.4. The highest BCUT2D eigenvalue weighted by Gasteiger charge is 2.21. The van der Waals surface area contributed by atoms with E-state index < -0.39 is 21.5 Å². The summed E-state index contributed by atoms with van der Waals surface area (Å²) in [6.07, 6.45) is 13.4. The van der Waals surface area contributed by atoms with Crippen molar-refractivity contribution in [3.05, 3.63) is 0 Å². The molecule has 0 heterocycles. The van der Waals surface area contributed by atoms with Crippen molar-refractivity contribution >= 4 is 65.8 Å². The van der Waals surface area contributed by atoms with Crippen LogP contribution in [-0.2, 0) is 0 Å². The zero-order valence-electron chi connectivity index (χ0n) is 16.9. The van der Waals surface area contributed by atoms with Gasteiger partial charge in [-0.15, -0.1) is 44.3 Å². The first-order valence-electron chi connectivity index (χ1n) is 10.2. The third-order valence-electron chi connectivity index (χ3n) is 4.94.